The average Bonchev–Trinajstić information content (AvgIpc) is 2.93. The number of rotatable bonds is 8. The molecule has 0 aromatic carbocycles. The predicted octanol–water partition coefficient (Wildman–Crippen LogP) is 0.589. The highest BCUT2D eigenvalue weighted by molar-refractivity contribution is 4.94. The van der Waals surface area contributed by atoms with Crippen molar-refractivity contribution in [2.45, 2.75) is 26.0 Å². The van der Waals surface area contributed by atoms with Crippen molar-refractivity contribution in [1.82, 2.24) is 20.4 Å². The van der Waals surface area contributed by atoms with E-state index in [1.54, 1.807) is 7.11 Å². The fourth-order valence-corrected chi connectivity index (χ4v) is 2.22. The van der Waals surface area contributed by atoms with Gasteiger partial charge in [-0.2, -0.15) is 4.98 Å². The van der Waals surface area contributed by atoms with Crippen LogP contribution in [0.4, 0.5) is 0 Å². The number of hydrogen-bond acceptors (Lipinski definition) is 7. The maximum atomic E-state index is 5.73. The molecule has 1 aliphatic heterocycles. The third-order valence-corrected chi connectivity index (χ3v) is 3.22. The number of nitrogens with one attached hydrogen (secondary N) is 1. The third-order valence-electron chi connectivity index (χ3n) is 3.22. The lowest BCUT2D eigenvalue weighted by atomic mass is 10.2. The van der Waals surface area contributed by atoms with E-state index in [4.69, 9.17) is 14.0 Å². The van der Waals surface area contributed by atoms with E-state index in [1.807, 2.05) is 0 Å². The molecule has 2 rings (SSSR count). The smallest absolute Gasteiger partial charge is 0.240 e. The minimum absolute atomic E-state index is 0.0771. The van der Waals surface area contributed by atoms with E-state index in [1.165, 1.54) is 0 Å². The Morgan fingerprint density at radius 3 is 3.20 bits per heavy atom. The molecule has 7 heteroatoms. The van der Waals surface area contributed by atoms with Crippen molar-refractivity contribution < 1.29 is 14.0 Å². The Morgan fingerprint density at radius 2 is 2.40 bits per heavy atom. The summed E-state index contributed by atoms with van der Waals surface area (Å²) >= 11 is 0. The van der Waals surface area contributed by atoms with Gasteiger partial charge in [0.15, 0.2) is 0 Å². The molecule has 1 aromatic heterocycles. The molecule has 1 N–H and O–H groups in total. The Bertz CT molecular complexity index is 383. The maximum absolute atomic E-state index is 5.73. The van der Waals surface area contributed by atoms with E-state index in [0.29, 0.717) is 24.9 Å². The number of nitrogens with zero attached hydrogens (tertiary/aromatic N) is 3. The number of morpholine rings is 1. The van der Waals surface area contributed by atoms with Crippen LogP contribution in [0.15, 0.2) is 4.52 Å². The normalized spacial score (nSPS) is 20.4. The van der Waals surface area contributed by atoms with Gasteiger partial charge in [0, 0.05) is 26.7 Å². The lowest BCUT2D eigenvalue weighted by Crippen LogP contribution is -2.39. The number of ether oxygens (including phenoxy) is 2. The molecule has 1 unspecified atom stereocenters. The Morgan fingerprint density at radius 1 is 1.50 bits per heavy atom. The molecular weight excluding hydrogens is 260 g/mol. The van der Waals surface area contributed by atoms with Gasteiger partial charge in [-0.3, -0.25) is 4.90 Å². The van der Waals surface area contributed by atoms with Gasteiger partial charge in [-0.15, -0.1) is 0 Å². The topological polar surface area (TPSA) is 72.7 Å². The fraction of sp³-hybridized carbons (Fsp3) is 0.846. The second-order valence-corrected chi connectivity index (χ2v) is 4.88. The summed E-state index contributed by atoms with van der Waals surface area (Å²) in [6.45, 7) is 7.79. The van der Waals surface area contributed by atoms with E-state index in [0.717, 1.165) is 39.2 Å². The summed E-state index contributed by atoms with van der Waals surface area (Å²) in [6, 6.07) is 0. The molecule has 1 atom stereocenters. The van der Waals surface area contributed by atoms with E-state index < -0.39 is 0 Å². The molecule has 0 bridgehead atoms. The predicted molar refractivity (Wildman–Crippen MR) is 73.3 cm³/mol. The van der Waals surface area contributed by atoms with Gasteiger partial charge in [0.05, 0.1) is 19.8 Å². The van der Waals surface area contributed by atoms with E-state index in [2.05, 4.69) is 27.3 Å². The van der Waals surface area contributed by atoms with Crippen LogP contribution >= 0.6 is 0 Å². The van der Waals surface area contributed by atoms with Crippen molar-refractivity contribution >= 4 is 0 Å². The summed E-state index contributed by atoms with van der Waals surface area (Å²) in [7, 11) is 1.68. The first-order valence-electron chi connectivity index (χ1n) is 7.19. The van der Waals surface area contributed by atoms with Crippen LogP contribution in [0.3, 0.4) is 0 Å². The van der Waals surface area contributed by atoms with Crippen LogP contribution in [0.1, 0.15) is 31.2 Å². The zero-order chi connectivity index (χ0) is 14.2. The van der Waals surface area contributed by atoms with Crippen molar-refractivity contribution in [3.8, 4) is 0 Å². The summed E-state index contributed by atoms with van der Waals surface area (Å²) in [5.41, 5.74) is 0. The Kier molecular flexibility index (Phi) is 6.38. The van der Waals surface area contributed by atoms with E-state index in [9.17, 15) is 0 Å². The van der Waals surface area contributed by atoms with Gasteiger partial charge in [-0.25, -0.2) is 0 Å². The zero-order valence-corrected chi connectivity index (χ0v) is 12.3. The Balaban J connectivity index is 1.81. The molecule has 0 saturated carbocycles. The molecular formula is C13H24N4O3. The maximum Gasteiger partial charge on any atom is 0.240 e. The summed E-state index contributed by atoms with van der Waals surface area (Å²) in [4.78, 5) is 6.77. The summed E-state index contributed by atoms with van der Waals surface area (Å²) < 4.78 is 15.9. The van der Waals surface area contributed by atoms with Crippen molar-refractivity contribution in [3.05, 3.63) is 11.7 Å². The van der Waals surface area contributed by atoms with Crippen LogP contribution in [0, 0.1) is 0 Å². The highest BCUT2D eigenvalue weighted by atomic mass is 16.5. The van der Waals surface area contributed by atoms with Gasteiger partial charge in [0.2, 0.25) is 11.7 Å². The molecule has 0 aliphatic carbocycles. The Hall–Kier alpha value is -1.02. The highest BCUT2D eigenvalue weighted by Crippen LogP contribution is 2.19. The molecule has 0 amide bonds. The fourth-order valence-electron chi connectivity index (χ4n) is 2.22. The number of hydrogen-bond donors (Lipinski definition) is 1. The van der Waals surface area contributed by atoms with Crippen LogP contribution in [0.2, 0.25) is 0 Å². The first-order chi connectivity index (χ1) is 9.83. The average molecular weight is 284 g/mol. The molecule has 1 aromatic rings. The van der Waals surface area contributed by atoms with Gasteiger partial charge in [0.1, 0.15) is 6.10 Å². The standard InChI is InChI=1S/C13H24N4O3/c1-3-5-17-6-8-19-11(10-17)13-15-12(20-16-13)9-14-4-7-18-2/h11,14H,3-10H2,1-2H3. The van der Waals surface area contributed by atoms with Crippen molar-refractivity contribution in [2.75, 3.05) is 46.5 Å². The van der Waals surface area contributed by atoms with Crippen molar-refractivity contribution in [1.29, 1.82) is 0 Å². The highest BCUT2D eigenvalue weighted by Gasteiger charge is 2.25. The molecule has 2 heterocycles. The molecule has 114 valence electrons. The van der Waals surface area contributed by atoms with Crippen LogP contribution in [-0.4, -0.2) is 61.5 Å². The van der Waals surface area contributed by atoms with Gasteiger partial charge >= 0.3 is 0 Å². The SMILES string of the molecule is CCCN1CCOC(c2noc(CNCCOC)n2)C1. The van der Waals surface area contributed by atoms with E-state index in [-0.39, 0.29) is 6.10 Å². The second-order valence-electron chi connectivity index (χ2n) is 4.88. The summed E-state index contributed by atoms with van der Waals surface area (Å²) in [5, 5.41) is 7.20. The Labute approximate surface area is 119 Å². The van der Waals surface area contributed by atoms with Gasteiger partial charge < -0.3 is 19.3 Å². The molecule has 1 fully saturated rings. The van der Waals surface area contributed by atoms with Crippen LogP contribution < -0.4 is 5.32 Å². The molecule has 0 spiro atoms. The van der Waals surface area contributed by atoms with Gasteiger partial charge in [0.25, 0.3) is 0 Å². The minimum Gasteiger partial charge on any atom is -0.383 e. The first kappa shape index (κ1) is 15.4. The molecule has 0 radical (unpaired) electrons. The lowest BCUT2D eigenvalue weighted by Gasteiger charge is -2.30. The van der Waals surface area contributed by atoms with Gasteiger partial charge in [-0.05, 0) is 13.0 Å². The zero-order valence-electron chi connectivity index (χ0n) is 12.3. The van der Waals surface area contributed by atoms with Gasteiger partial charge in [-0.1, -0.05) is 12.1 Å². The van der Waals surface area contributed by atoms with Crippen LogP contribution in [0.5, 0.6) is 0 Å². The van der Waals surface area contributed by atoms with Crippen LogP contribution in [0.25, 0.3) is 0 Å². The lowest BCUT2D eigenvalue weighted by molar-refractivity contribution is -0.0350. The monoisotopic (exact) mass is 284 g/mol. The summed E-state index contributed by atoms with van der Waals surface area (Å²) in [5.74, 6) is 1.24. The van der Waals surface area contributed by atoms with Crippen molar-refractivity contribution in [3.63, 3.8) is 0 Å². The first-order valence-corrected chi connectivity index (χ1v) is 7.19. The minimum atomic E-state index is -0.0771. The molecule has 20 heavy (non-hydrogen) atoms. The van der Waals surface area contributed by atoms with Crippen molar-refractivity contribution in [2.24, 2.45) is 0 Å². The summed E-state index contributed by atoms with van der Waals surface area (Å²) in [6.07, 6.45) is 1.07. The number of methoxy groups -OCH3 is 1. The quantitative estimate of drug-likeness (QED) is 0.700. The largest absolute Gasteiger partial charge is 0.383 e. The molecule has 1 aliphatic rings. The molecule has 1 saturated heterocycles. The molecule has 7 nitrogen and oxygen atoms in total. The second kappa shape index (κ2) is 8.31. The van der Waals surface area contributed by atoms with Crippen LogP contribution in [-0.2, 0) is 16.0 Å². The third kappa shape index (κ3) is 4.52. The number of aromatic nitrogens is 2. The van der Waals surface area contributed by atoms with E-state index >= 15 is 0 Å².